The van der Waals surface area contributed by atoms with Gasteiger partial charge in [0, 0.05) is 0 Å². The Balaban J connectivity index is 2.55. The Hall–Kier alpha value is 0.780. The molecule has 0 spiro atoms. The van der Waals surface area contributed by atoms with E-state index in [9.17, 15) is 0 Å². The molecule has 1 saturated heterocycles. The van der Waals surface area contributed by atoms with Crippen molar-refractivity contribution in [1.82, 2.24) is 0 Å². The van der Waals surface area contributed by atoms with Gasteiger partial charge in [0.15, 0.2) is 0 Å². The van der Waals surface area contributed by atoms with Crippen LogP contribution >= 0.6 is 15.8 Å². The van der Waals surface area contributed by atoms with E-state index in [0.717, 1.165) is 0 Å². The summed E-state index contributed by atoms with van der Waals surface area (Å²) in [4.78, 5) is 0. The van der Waals surface area contributed by atoms with Gasteiger partial charge in [0.05, 0.1) is 12.2 Å². The van der Waals surface area contributed by atoms with Crippen LogP contribution < -0.4 is 0 Å². The molecule has 0 aliphatic carbocycles. The third kappa shape index (κ3) is 13.7. The van der Waals surface area contributed by atoms with Crippen molar-refractivity contribution in [3.05, 3.63) is 0 Å². The first-order valence-electron chi connectivity index (χ1n) is 12.9. The first-order chi connectivity index (χ1) is 14.2. The second-order valence-corrected chi connectivity index (χ2v) is 14.2. The molecule has 1 rings (SSSR count). The summed E-state index contributed by atoms with van der Waals surface area (Å²) in [6.07, 6.45) is 25.9. The molecule has 0 bridgehead atoms. The molecule has 1 aliphatic rings. The molecule has 1 fully saturated rings. The number of unbranched alkanes of at least 4 members (excludes halogenated alkanes) is 8. The highest BCUT2D eigenvalue weighted by Crippen LogP contribution is 2.44. The monoisotopic (exact) mass is 446 g/mol. The molecule has 0 N–H and O–H groups in total. The molecule has 0 aromatic carbocycles. The lowest BCUT2D eigenvalue weighted by atomic mass is 10.2. The van der Waals surface area contributed by atoms with E-state index in [2.05, 4.69) is 27.7 Å². The first-order valence-corrected chi connectivity index (χ1v) is 16.7. The fraction of sp³-hybridized carbons (Fsp3) is 1.00. The number of rotatable bonds is 20. The molecule has 1 aliphatic heterocycles. The van der Waals surface area contributed by atoms with Gasteiger partial charge in [-0.3, -0.25) is 0 Å². The lowest BCUT2D eigenvalue weighted by Crippen LogP contribution is -2.29. The Kier molecular flexibility index (Phi) is 18.7. The highest BCUT2D eigenvalue weighted by Gasteiger charge is 2.32. The SMILES string of the molecule is CCCCCP(CCCCC)CC1OCOC1CP(CCCCC)CCCCC. The number of hydrogen-bond donors (Lipinski definition) is 0. The van der Waals surface area contributed by atoms with E-state index in [4.69, 9.17) is 9.47 Å². The summed E-state index contributed by atoms with van der Waals surface area (Å²) >= 11 is 0. The Bertz CT molecular complexity index is 302. The van der Waals surface area contributed by atoms with Gasteiger partial charge in [0.1, 0.15) is 6.79 Å². The van der Waals surface area contributed by atoms with Crippen molar-refractivity contribution in [1.29, 1.82) is 0 Å². The molecule has 0 aromatic heterocycles. The lowest BCUT2D eigenvalue weighted by Gasteiger charge is -2.27. The maximum atomic E-state index is 6.17. The molecule has 4 heteroatoms. The molecule has 0 radical (unpaired) electrons. The van der Waals surface area contributed by atoms with Crippen molar-refractivity contribution in [2.75, 3.05) is 43.8 Å². The van der Waals surface area contributed by atoms with E-state index in [1.54, 1.807) is 0 Å². The van der Waals surface area contributed by atoms with Gasteiger partial charge in [-0.15, -0.1) is 15.8 Å². The highest BCUT2D eigenvalue weighted by molar-refractivity contribution is 7.58. The van der Waals surface area contributed by atoms with Crippen LogP contribution in [0, 0.1) is 0 Å². The number of hydrogen-bond acceptors (Lipinski definition) is 2. The van der Waals surface area contributed by atoms with Crippen LogP contribution in [0.5, 0.6) is 0 Å². The van der Waals surface area contributed by atoms with Crippen molar-refractivity contribution in [2.24, 2.45) is 0 Å². The molecular formula is C25H52O2P2. The van der Waals surface area contributed by atoms with Crippen LogP contribution in [0.4, 0.5) is 0 Å². The standard InChI is InChI=1S/C25H52O2P2/c1-5-9-13-17-28(18-14-10-6-2)21-24-25(27-23-26-24)22-29(19-15-11-7-3)20-16-12-8-4/h24-25H,5-23H2,1-4H3. The molecule has 0 aromatic rings. The van der Waals surface area contributed by atoms with Crippen molar-refractivity contribution in [2.45, 2.75) is 117 Å². The van der Waals surface area contributed by atoms with Crippen LogP contribution in [-0.4, -0.2) is 56.0 Å². The zero-order valence-electron chi connectivity index (χ0n) is 20.3. The van der Waals surface area contributed by atoms with Crippen LogP contribution in [0.3, 0.4) is 0 Å². The maximum absolute atomic E-state index is 6.17. The Labute approximate surface area is 186 Å². The van der Waals surface area contributed by atoms with E-state index in [1.165, 1.54) is 114 Å². The summed E-state index contributed by atoms with van der Waals surface area (Å²) < 4.78 is 12.3. The minimum Gasteiger partial charge on any atom is -0.349 e. The second kappa shape index (κ2) is 19.5. The summed E-state index contributed by atoms with van der Waals surface area (Å²) in [6.45, 7) is 9.84. The minimum absolute atomic E-state index is 0.128. The Morgan fingerprint density at radius 2 is 0.828 bits per heavy atom. The summed E-state index contributed by atoms with van der Waals surface area (Å²) in [6, 6.07) is 0. The smallest absolute Gasteiger partial charge is 0.147 e. The molecule has 1 heterocycles. The van der Waals surface area contributed by atoms with Gasteiger partial charge in [0.2, 0.25) is 0 Å². The van der Waals surface area contributed by atoms with E-state index < -0.39 is 0 Å². The van der Waals surface area contributed by atoms with Crippen LogP contribution in [0.1, 0.15) is 105 Å². The van der Waals surface area contributed by atoms with Crippen molar-refractivity contribution in [3.8, 4) is 0 Å². The second-order valence-electron chi connectivity index (χ2n) is 8.96. The largest absolute Gasteiger partial charge is 0.349 e. The van der Waals surface area contributed by atoms with Gasteiger partial charge in [-0.2, -0.15) is 0 Å². The average Bonchev–Trinajstić information content (AvgIpc) is 3.15. The summed E-state index contributed by atoms with van der Waals surface area (Å²) in [5.41, 5.74) is 0. The van der Waals surface area contributed by atoms with Gasteiger partial charge in [-0.25, -0.2) is 0 Å². The molecule has 29 heavy (non-hydrogen) atoms. The number of ether oxygens (including phenoxy) is 2. The quantitative estimate of drug-likeness (QED) is 0.138. The molecule has 0 saturated carbocycles. The summed E-state index contributed by atoms with van der Waals surface area (Å²) in [5.74, 6) is 0. The predicted octanol–water partition coefficient (Wildman–Crippen LogP) is 8.45. The van der Waals surface area contributed by atoms with Crippen LogP contribution in [0.2, 0.25) is 0 Å². The lowest BCUT2D eigenvalue weighted by molar-refractivity contribution is 0.0441. The third-order valence-electron chi connectivity index (χ3n) is 6.17. The fourth-order valence-corrected chi connectivity index (χ4v) is 9.77. The van der Waals surface area contributed by atoms with Gasteiger partial charge in [0.25, 0.3) is 0 Å². The third-order valence-corrected chi connectivity index (χ3v) is 11.7. The normalized spacial score (nSPS) is 19.7. The Morgan fingerprint density at radius 3 is 1.10 bits per heavy atom. The van der Waals surface area contributed by atoms with Gasteiger partial charge < -0.3 is 9.47 Å². The van der Waals surface area contributed by atoms with Crippen molar-refractivity contribution >= 4 is 15.8 Å². The summed E-state index contributed by atoms with van der Waals surface area (Å²) in [5, 5.41) is 0. The van der Waals surface area contributed by atoms with Crippen LogP contribution in [0.25, 0.3) is 0 Å². The van der Waals surface area contributed by atoms with Gasteiger partial charge in [-0.05, 0) is 62.7 Å². The molecule has 2 nitrogen and oxygen atoms in total. The van der Waals surface area contributed by atoms with Gasteiger partial charge in [-0.1, -0.05) is 79.1 Å². The minimum atomic E-state index is 0.128. The predicted molar refractivity (Wildman–Crippen MR) is 136 cm³/mol. The zero-order valence-corrected chi connectivity index (χ0v) is 22.1. The zero-order chi connectivity index (χ0) is 21.2. The Morgan fingerprint density at radius 1 is 0.517 bits per heavy atom. The van der Waals surface area contributed by atoms with E-state index in [1.807, 2.05) is 0 Å². The topological polar surface area (TPSA) is 18.5 Å². The van der Waals surface area contributed by atoms with Crippen molar-refractivity contribution < 1.29 is 9.47 Å². The first kappa shape index (κ1) is 27.8. The molecule has 0 amide bonds. The maximum Gasteiger partial charge on any atom is 0.147 e. The fourth-order valence-electron chi connectivity index (χ4n) is 4.21. The molecule has 174 valence electrons. The molecular weight excluding hydrogens is 394 g/mol. The van der Waals surface area contributed by atoms with Crippen molar-refractivity contribution in [3.63, 3.8) is 0 Å². The van der Waals surface area contributed by atoms with E-state index in [-0.39, 0.29) is 15.8 Å². The highest BCUT2D eigenvalue weighted by atomic mass is 31.1. The van der Waals surface area contributed by atoms with Crippen LogP contribution in [0.15, 0.2) is 0 Å². The van der Waals surface area contributed by atoms with Gasteiger partial charge >= 0.3 is 0 Å². The van der Waals surface area contributed by atoms with Crippen LogP contribution in [-0.2, 0) is 9.47 Å². The summed E-state index contributed by atoms with van der Waals surface area (Å²) in [7, 11) is 0.257. The van der Waals surface area contributed by atoms with E-state index >= 15 is 0 Å². The average molecular weight is 447 g/mol. The molecule has 2 unspecified atom stereocenters. The molecule has 2 atom stereocenters. The van der Waals surface area contributed by atoms with E-state index in [0.29, 0.717) is 19.0 Å².